The van der Waals surface area contributed by atoms with Crippen molar-refractivity contribution < 1.29 is 9.21 Å². The standard InChI is InChI=1S/C19H25N5O2/c25-19(16-7-14-26-15-16)24-12-10-23(11-13-24)18-6-5-17(20-21-18)22-8-3-1-2-4-9-22/h5-7,14-15H,1-4,8-13H2. The van der Waals surface area contributed by atoms with E-state index in [9.17, 15) is 4.79 Å². The summed E-state index contributed by atoms with van der Waals surface area (Å²) in [5.41, 5.74) is 0.611. The Labute approximate surface area is 153 Å². The summed E-state index contributed by atoms with van der Waals surface area (Å²) in [5, 5.41) is 8.90. The van der Waals surface area contributed by atoms with Crippen LogP contribution in [0.3, 0.4) is 0 Å². The lowest BCUT2D eigenvalue weighted by Crippen LogP contribution is -2.49. The Morgan fingerprint density at radius 1 is 0.808 bits per heavy atom. The van der Waals surface area contributed by atoms with Crippen molar-refractivity contribution in [2.24, 2.45) is 0 Å². The molecule has 0 radical (unpaired) electrons. The Hall–Kier alpha value is -2.57. The molecule has 0 unspecified atom stereocenters. The fourth-order valence-corrected chi connectivity index (χ4v) is 3.66. The van der Waals surface area contributed by atoms with Crippen LogP contribution in [0.15, 0.2) is 35.1 Å². The van der Waals surface area contributed by atoms with Gasteiger partial charge in [-0.25, -0.2) is 0 Å². The molecule has 7 heteroatoms. The van der Waals surface area contributed by atoms with Crippen molar-refractivity contribution in [1.29, 1.82) is 0 Å². The number of nitrogens with zero attached hydrogens (tertiary/aromatic N) is 5. The molecule has 1 amide bonds. The van der Waals surface area contributed by atoms with Gasteiger partial charge >= 0.3 is 0 Å². The van der Waals surface area contributed by atoms with E-state index in [0.29, 0.717) is 18.7 Å². The zero-order valence-corrected chi connectivity index (χ0v) is 15.0. The second-order valence-corrected chi connectivity index (χ2v) is 6.94. The van der Waals surface area contributed by atoms with Gasteiger partial charge in [0, 0.05) is 39.3 Å². The van der Waals surface area contributed by atoms with E-state index in [2.05, 4.69) is 32.1 Å². The molecular formula is C19H25N5O2. The first kappa shape index (κ1) is 16.9. The van der Waals surface area contributed by atoms with Gasteiger partial charge in [0.15, 0.2) is 11.6 Å². The second kappa shape index (κ2) is 7.76. The van der Waals surface area contributed by atoms with Crippen molar-refractivity contribution in [3.05, 3.63) is 36.3 Å². The smallest absolute Gasteiger partial charge is 0.257 e. The third-order valence-corrected chi connectivity index (χ3v) is 5.23. The molecule has 0 saturated carbocycles. The van der Waals surface area contributed by atoms with E-state index in [1.54, 1.807) is 6.07 Å². The fraction of sp³-hybridized carbons (Fsp3) is 0.526. The number of hydrogen-bond acceptors (Lipinski definition) is 6. The van der Waals surface area contributed by atoms with Crippen molar-refractivity contribution in [3.63, 3.8) is 0 Å². The van der Waals surface area contributed by atoms with Crippen LogP contribution in [-0.2, 0) is 0 Å². The van der Waals surface area contributed by atoms with Crippen LogP contribution >= 0.6 is 0 Å². The normalized spacial score (nSPS) is 18.7. The molecule has 4 rings (SSSR count). The third kappa shape index (κ3) is 3.66. The SMILES string of the molecule is O=C(c1ccoc1)N1CCN(c2ccc(N3CCCCCC3)nn2)CC1. The van der Waals surface area contributed by atoms with Gasteiger partial charge in [-0.1, -0.05) is 12.8 Å². The van der Waals surface area contributed by atoms with Gasteiger partial charge < -0.3 is 19.1 Å². The maximum absolute atomic E-state index is 12.4. The highest BCUT2D eigenvalue weighted by Gasteiger charge is 2.23. The number of aromatic nitrogens is 2. The topological polar surface area (TPSA) is 65.7 Å². The maximum Gasteiger partial charge on any atom is 0.257 e. The maximum atomic E-state index is 12.4. The molecule has 0 N–H and O–H groups in total. The summed E-state index contributed by atoms with van der Waals surface area (Å²) >= 11 is 0. The van der Waals surface area contributed by atoms with E-state index in [0.717, 1.165) is 37.8 Å². The Balaban J connectivity index is 1.35. The summed E-state index contributed by atoms with van der Waals surface area (Å²) in [5.74, 6) is 1.89. The van der Waals surface area contributed by atoms with Crippen molar-refractivity contribution in [2.75, 3.05) is 49.1 Å². The zero-order chi connectivity index (χ0) is 17.8. The zero-order valence-electron chi connectivity index (χ0n) is 15.0. The largest absolute Gasteiger partial charge is 0.472 e. The molecular weight excluding hydrogens is 330 g/mol. The fourth-order valence-electron chi connectivity index (χ4n) is 3.66. The molecule has 2 aliphatic rings. The van der Waals surface area contributed by atoms with Gasteiger partial charge in [-0.05, 0) is 31.0 Å². The van der Waals surface area contributed by atoms with Crippen LogP contribution in [0.4, 0.5) is 11.6 Å². The number of amides is 1. The van der Waals surface area contributed by atoms with Crippen molar-refractivity contribution in [1.82, 2.24) is 15.1 Å². The minimum Gasteiger partial charge on any atom is -0.472 e. The molecule has 2 aromatic rings. The molecule has 0 aliphatic carbocycles. The van der Waals surface area contributed by atoms with E-state index >= 15 is 0 Å². The van der Waals surface area contributed by atoms with Crippen LogP contribution < -0.4 is 9.80 Å². The van der Waals surface area contributed by atoms with Crippen molar-refractivity contribution >= 4 is 17.5 Å². The summed E-state index contributed by atoms with van der Waals surface area (Å²) in [6.07, 6.45) is 8.12. The van der Waals surface area contributed by atoms with Crippen LogP contribution in [0.2, 0.25) is 0 Å². The van der Waals surface area contributed by atoms with Crippen LogP contribution in [0.1, 0.15) is 36.0 Å². The number of carbonyl (C=O) groups excluding carboxylic acids is 1. The quantitative estimate of drug-likeness (QED) is 0.842. The van der Waals surface area contributed by atoms with Gasteiger partial charge in [-0.2, -0.15) is 0 Å². The van der Waals surface area contributed by atoms with E-state index < -0.39 is 0 Å². The molecule has 0 spiro atoms. The van der Waals surface area contributed by atoms with Gasteiger partial charge in [0.1, 0.15) is 6.26 Å². The predicted molar refractivity (Wildman–Crippen MR) is 99.5 cm³/mol. The molecule has 2 fully saturated rings. The molecule has 26 heavy (non-hydrogen) atoms. The molecule has 7 nitrogen and oxygen atoms in total. The Kier molecular flexibility index (Phi) is 5.04. The van der Waals surface area contributed by atoms with Crippen molar-refractivity contribution in [2.45, 2.75) is 25.7 Å². The predicted octanol–water partition coefficient (Wildman–Crippen LogP) is 2.41. The van der Waals surface area contributed by atoms with Crippen LogP contribution in [0.25, 0.3) is 0 Å². The first-order chi connectivity index (χ1) is 12.8. The lowest BCUT2D eigenvalue weighted by atomic mass is 10.2. The molecule has 0 aromatic carbocycles. The number of carbonyl (C=O) groups is 1. The lowest BCUT2D eigenvalue weighted by Gasteiger charge is -2.35. The average Bonchev–Trinajstić information content (AvgIpc) is 3.10. The number of hydrogen-bond donors (Lipinski definition) is 0. The molecule has 2 aromatic heterocycles. The summed E-state index contributed by atoms with van der Waals surface area (Å²) in [6.45, 7) is 5.04. The minimum atomic E-state index is 0.0287. The summed E-state index contributed by atoms with van der Waals surface area (Å²) < 4.78 is 5.01. The van der Waals surface area contributed by atoms with Crippen LogP contribution in [-0.4, -0.2) is 60.3 Å². The Morgan fingerprint density at radius 3 is 1.96 bits per heavy atom. The Bertz CT molecular complexity index is 700. The summed E-state index contributed by atoms with van der Waals surface area (Å²) in [7, 11) is 0. The van der Waals surface area contributed by atoms with E-state index in [4.69, 9.17) is 4.42 Å². The number of anilines is 2. The highest BCUT2D eigenvalue weighted by atomic mass is 16.3. The van der Waals surface area contributed by atoms with E-state index in [1.165, 1.54) is 38.2 Å². The molecule has 0 bridgehead atoms. The van der Waals surface area contributed by atoms with Crippen LogP contribution in [0.5, 0.6) is 0 Å². The van der Waals surface area contributed by atoms with Gasteiger partial charge in [0.2, 0.25) is 0 Å². The molecule has 0 atom stereocenters. The highest BCUT2D eigenvalue weighted by molar-refractivity contribution is 5.94. The summed E-state index contributed by atoms with van der Waals surface area (Å²) in [4.78, 5) is 18.8. The molecule has 138 valence electrons. The molecule has 2 saturated heterocycles. The first-order valence-corrected chi connectivity index (χ1v) is 9.46. The lowest BCUT2D eigenvalue weighted by molar-refractivity contribution is 0.0746. The Morgan fingerprint density at radius 2 is 1.42 bits per heavy atom. The van der Waals surface area contributed by atoms with Gasteiger partial charge in [0.25, 0.3) is 5.91 Å². The van der Waals surface area contributed by atoms with Gasteiger partial charge in [-0.3, -0.25) is 4.79 Å². The average molecular weight is 355 g/mol. The third-order valence-electron chi connectivity index (χ3n) is 5.23. The van der Waals surface area contributed by atoms with Gasteiger partial charge in [0.05, 0.1) is 11.8 Å². The number of rotatable bonds is 3. The van der Waals surface area contributed by atoms with Crippen LogP contribution in [0, 0.1) is 0 Å². The van der Waals surface area contributed by atoms with Gasteiger partial charge in [-0.15, -0.1) is 10.2 Å². The number of furan rings is 1. The highest BCUT2D eigenvalue weighted by Crippen LogP contribution is 2.20. The molecule has 4 heterocycles. The second-order valence-electron chi connectivity index (χ2n) is 6.94. The summed E-state index contributed by atoms with van der Waals surface area (Å²) in [6, 6.07) is 5.85. The molecule has 2 aliphatic heterocycles. The van der Waals surface area contributed by atoms with E-state index in [1.807, 2.05) is 4.90 Å². The number of piperazine rings is 1. The monoisotopic (exact) mass is 355 g/mol. The van der Waals surface area contributed by atoms with Crippen molar-refractivity contribution in [3.8, 4) is 0 Å². The van der Waals surface area contributed by atoms with E-state index in [-0.39, 0.29) is 5.91 Å². The first-order valence-electron chi connectivity index (χ1n) is 9.46. The minimum absolute atomic E-state index is 0.0287.